The topological polar surface area (TPSA) is 164 Å². The number of carboxylic acid groups (broad SMARTS) is 1. The molecule has 2 aromatic heterocycles. The van der Waals surface area contributed by atoms with E-state index in [1.165, 1.54) is 6.07 Å². The standard InChI is InChI=1S/C21H25F2N7O5/c22-12-7-11(18(24)31)19(29-20(12)26-14-1-4-35-10-16(14)28-21(32)33)27-15-8-17(25-9-13(15)23)30-2-5-34-6-3-30/h7-9,14,16,28H,1-6,10H2,(H2,24,31)(H,32,33)(H2,25,26,27,29)/t14-,16+/m1/s1. The van der Waals surface area contributed by atoms with Gasteiger partial charge in [0.1, 0.15) is 11.6 Å². The van der Waals surface area contributed by atoms with Gasteiger partial charge < -0.3 is 41.2 Å². The summed E-state index contributed by atoms with van der Waals surface area (Å²) >= 11 is 0. The van der Waals surface area contributed by atoms with E-state index < -0.39 is 35.7 Å². The highest BCUT2D eigenvalue weighted by atomic mass is 19.1. The van der Waals surface area contributed by atoms with Gasteiger partial charge in [-0.3, -0.25) is 4.79 Å². The Kier molecular flexibility index (Phi) is 7.41. The van der Waals surface area contributed by atoms with Gasteiger partial charge in [0.2, 0.25) is 0 Å². The van der Waals surface area contributed by atoms with Crippen molar-refractivity contribution in [3.63, 3.8) is 0 Å². The van der Waals surface area contributed by atoms with Gasteiger partial charge in [-0.1, -0.05) is 0 Å². The number of rotatable bonds is 7. The van der Waals surface area contributed by atoms with Crippen LogP contribution in [-0.4, -0.2) is 78.7 Å². The van der Waals surface area contributed by atoms with Gasteiger partial charge in [-0.25, -0.2) is 23.5 Å². The van der Waals surface area contributed by atoms with E-state index in [1.54, 1.807) is 0 Å². The normalized spacial score (nSPS) is 20.2. The second kappa shape index (κ2) is 10.7. The van der Waals surface area contributed by atoms with Gasteiger partial charge in [-0.2, -0.15) is 0 Å². The molecule has 0 spiro atoms. The van der Waals surface area contributed by atoms with Gasteiger partial charge in [0, 0.05) is 25.8 Å². The number of pyridine rings is 2. The zero-order valence-electron chi connectivity index (χ0n) is 18.6. The van der Waals surface area contributed by atoms with Gasteiger partial charge in [0.05, 0.1) is 49.4 Å². The Morgan fingerprint density at radius 2 is 1.86 bits per heavy atom. The summed E-state index contributed by atoms with van der Waals surface area (Å²) in [4.78, 5) is 33.2. The lowest BCUT2D eigenvalue weighted by Gasteiger charge is -2.32. The largest absolute Gasteiger partial charge is 0.465 e. The van der Waals surface area contributed by atoms with E-state index >= 15 is 0 Å². The zero-order chi connectivity index (χ0) is 24.9. The molecular weight excluding hydrogens is 468 g/mol. The number of nitrogens with two attached hydrogens (primary N) is 1. The Hall–Kier alpha value is -3.78. The maximum atomic E-state index is 14.8. The number of ether oxygens (including phenoxy) is 2. The first-order valence-electron chi connectivity index (χ1n) is 10.9. The number of carbonyl (C=O) groups excluding carboxylic acids is 1. The SMILES string of the molecule is NC(=O)c1cc(F)c(N[C@@H]2CCOC[C@@H]2NC(=O)O)nc1Nc1cc(N2CCOCC2)ncc1F. The third-order valence-electron chi connectivity index (χ3n) is 5.66. The molecule has 0 radical (unpaired) electrons. The summed E-state index contributed by atoms with van der Waals surface area (Å²) in [5.41, 5.74) is 5.08. The van der Waals surface area contributed by atoms with Crippen molar-refractivity contribution in [3.8, 4) is 0 Å². The summed E-state index contributed by atoms with van der Waals surface area (Å²) in [6.45, 7) is 2.57. The molecule has 4 rings (SSSR count). The van der Waals surface area contributed by atoms with Crippen molar-refractivity contribution in [1.82, 2.24) is 15.3 Å². The highest BCUT2D eigenvalue weighted by Gasteiger charge is 2.29. The number of amides is 2. The van der Waals surface area contributed by atoms with E-state index in [-0.39, 0.29) is 29.5 Å². The number of anilines is 4. The van der Waals surface area contributed by atoms with Gasteiger partial charge in [-0.05, 0) is 12.5 Å². The Morgan fingerprint density at radius 1 is 1.09 bits per heavy atom. The molecule has 0 aromatic carbocycles. The number of carbonyl (C=O) groups is 2. The summed E-state index contributed by atoms with van der Waals surface area (Å²) in [6, 6.07) is 1.14. The zero-order valence-corrected chi connectivity index (χ0v) is 18.6. The van der Waals surface area contributed by atoms with Crippen LogP contribution in [0.25, 0.3) is 0 Å². The number of halogens is 2. The van der Waals surface area contributed by atoms with Crippen LogP contribution in [0.3, 0.4) is 0 Å². The first kappa shape index (κ1) is 24.3. The molecule has 12 nitrogen and oxygen atoms in total. The fourth-order valence-electron chi connectivity index (χ4n) is 3.88. The highest BCUT2D eigenvalue weighted by Crippen LogP contribution is 2.28. The third-order valence-corrected chi connectivity index (χ3v) is 5.66. The Morgan fingerprint density at radius 3 is 2.57 bits per heavy atom. The average molecular weight is 493 g/mol. The van der Waals surface area contributed by atoms with Crippen LogP contribution in [0.5, 0.6) is 0 Å². The van der Waals surface area contributed by atoms with Gasteiger partial charge in [-0.15, -0.1) is 0 Å². The van der Waals surface area contributed by atoms with Crippen LogP contribution in [0.2, 0.25) is 0 Å². The first-order chi connectivity index (χ1) is 16.8. The van der Waals surface area contributed by atoms with Crippen LogP contribution in [0.15, 0.2) is 18.3 Å². The van der Waals surface area contributed by atoms with Crippen LogP contribution >= 0.6 is 0 Å². The smallest absolute Gasteiger partial charge is 0.405 e. The molecule has 2 atom stereocenters. The van der Waals surface area contributed by atoms with Crippen molar-refractivity contribution >= 4 is 35.1 Å². The van der Waals surface area contributed by atoms with E-state index in [0.29, 0.717) is 45.1 Å². The van der Waals surface area contributed by atoms with Crippen molar-refractivity contribution < 1.29 is 33.0 Å². The Labute approximate surface area is 198 Å². The van der Waals surface area contributed by atoms with Crippen LogP contribution in [0.4, 0.5) is 36.7 Å². The molecule has 0 saturated carbocycles. The second-order valence-electron chi connectivity index (χ2n) is 8.00. The van der Waals surface area contributed by atoms with Crippen molar-refractivity contribution in [2.24, 2.45) is 5.73 Å². The molecule has 2 saturated heterocycles. The molecule has 2 aliphatic rings. The number of primary amides is 1. The summed E-state index contributed by atoms with van der Waals surface area (Å²) < 4.78 is 40.0. The Bertz CT molecular complexity index is 1100. The van der Waals surface area contributed by atoms with Crippen molar-refractivity contribution in [2.75, 3.05) is 55.1 Å². The third kappa shape index (κ3) is 5.84. The minimum absolute atomic E-state index is 0.0365. The maximum absolute atomic E-state index is 14.8. The summed E-state index contributed by atoms with van der Waals surface area (Å²) in [7, 11) is 0. The summed E-state index contributed by atoms with van der Waals surface area (Å²) in [5.74, 6) is -2.51. The summed E-state index contributed by atoms with van der Waals surface area (Å²) in [6.07, 6.45) is 0.148. The van der Waals surface area contributed by atoms with Gasteiger partial charge in [0.15, 0.2) is 17.5 Å². The van der Waals surface area contributed by atoms with Crippen LogP contribution in [0.1, 0.15) is 16.8 Å². The van der Waals surface area contributed by atoms with Crippen LogP contribution in [0, 0.1) is 11.6 Å². The van der Waals surface area contributed by atoms with E-state index in [9.17, 15) is 18.4 Å². The van der Waals surface area contributed by atoms with Gasteiger partial charge in [0.25, 0.3) is 5.91 Å². The molecule has 4 heterocycles. The predicted molar refractivity (Wildman–Crippen MR) is 121 cm³/mol. The molecule has 2 amide bonds. The number of hydrogen-bond donors (Lipinski definition) is 5. The maximum Gasteiger partial charge on any atom is 0.405 e. The van der Waals surface area contributed by atoms with Crippen LogP contribution < -0.4 is 26.6 Å². The second-order valence-corrected chi connectivity index (χ2v) is 8.00. The lowest BCUT2D eigenvalue weighted by molar-refractivity contribution is 0.0625. The number of hydrogen-bond acceptors (Lipinski definition) is 9. The molecule has 35 heavy (non-hydrogen) atoms. The van der Waals surface area contributed by atoms with Crippen molar-refractivity contribution in [2.45, 2.75) is 18.5 Å². The van der Waals surface area contributed by atoms with Crippen LogP contribution in [-0.2, 0) is 9.47 Å². The molecule has 0 unspecified atom stereocenters. The number of nitrogens with one attached hydrogen (secondary N) is 3. The molecule has 0 bridgehead atoms. The van der Waals surface area contributed by atoms with E-state index in [2.05, 4.69) is 25.9 Å². The predicted octanol–water partition coefficient (Wildman–Crippen LogP) is 1.27. The minimum Gasteiger partial charge on any atom is -0.465 e. The number of morpholine rings is 1. The van der Waals surface area contributed by atoms with Crippen molar-refractivity contribution in [3.05, 3.63) is 35.5 Å². The van der Waals surface area contributed by atoms with Gasteiger partial charge >= 0.3 is 6.09 Å². The number of aromatic nitrogens is 2. The Balaban J connectivity index is 1.63. The molecule has 6 N–H and O–H groups in total. The fourth-order valence-corrected chi connectivity index (χ4v) is 3.88. The molecule has 188 valence electrons. The summed E-state index contributed by atoms with van der Waals surface area (Å²) in [5, 5.41) is 17.0. The molecule has 2 fully saturated rings. The average Bonchev–Trinajstić information content (AvgIpc) is 2.83. The van der Waals surface area contributed by atoms with E-state index in [0.717, 1.165) is 12.3 Å². The monoisotopic (exact) mass is 493 g/mol. The molecule has 2 aromatic rings. The molecule has 14 heteroatoms. The lowest BCUT2D eigenvalue weighted by atomic mass is 10.0. The van der Waals surface area contributed by atoms with E-state index in [4.69, 9.17) is 20.3 Å². The first-order valence-corrected chi connectivity index (χ1v) is 10.9. The highest BCUT2D eigenvalue weighted by molar-refractivity contribution is 5.98. The molecule has 0 aliphatic carbocycles. The minimum atomic E-state index is -1.25. The molecule has 2 aliphatic heterocycles. The van der Waals surface area contributed by atoms with Crippen molar-refractivity contribution in [1.29, 1.82) is 0 Å². The number of nitrogens with zero attached hydrogens (tertiary/aromatic N) is 3. The van der Waals surface area contributed by atoms with E-state index in [1.807, 2.05) is 4.90 Å². The quantitative estimate of drug-likeness (QED) is 0.379. The lowest BCUT2D eigenvalue weighted by Crippen LogP contribution is -2.52. The fraction of sp³-hybridized carbons (Fsp3) is 0.429. The molecular formula is C21H25F2N7O5.